The highest BCUT2D eigenvalue weighted by Gasteiger charge is 2.52. The molecule has 4 aromatic rings. The molecule has 3 N–H and O–H groups in total. The summed E-state index contributed by atoms with van der Waals surface area (Å²) in [6.07, 6.45) is -2.46. The molecule has 214 valence electrons. The second-order valence-electron chi connectivity index (χ2n) is 9.97. The van der Waals surface area contributed by atoms with Crippen molar-refractivity contribution in [2.75, 3.05) is 26.1 Å². The molecule has 41 heavy (non-hydrogen) atoms. The molecule has 1 fully saturated rings. The second kappa shape index (κ2) is 12.1. The summed E-state index contributed by atoms with van der Waals surface area (Å²) >= 11 is 0. The lowest BCUT2D eigenvalue weighted by Crippen LogP contribution is -2.51. The van der Waals surface area contributed by atoms with E-state index in [0.29, 0.717) is 23.9 Å². The molecule has 2 heterocycles. The number of rotatable bonds is 10. The smallest absolute Gasteiger partial charge is 0.351 e. The van der Waals surface area contributed by atoms with E-state index in [9.17, 15) is 15.0 Å². The Labute approximate surface area is 239 Å². The fraction of sp³-hybridized carbons (Fsp3) is 0.312. The topological polar surface area (TPSA) is 115 Å². The first kappa shape index (κ1) is 28.4. The van der Waals surface area contributed by atoms with Crippen LogP contribution in [-0.2, 0) is 10.2 Å². The highest BCUT2D eigenvalue weighted by molar-refractivity contribution is 5.54. The highest BCUT2D eigenvalue weighted by atomic mass is 16.5. The maximum atomic E-state index is 12.8. The summed E-state index contributed by atoms with van der Waals surface area (Å²) in [7, 11) is 3.20. The van der Waals surface area contributed by atoms with E-state index in [1.54, 1.807) is 26.5 Å². The number of aliphatic hydroxyl groups excluding tert-OH is 2. The number of nitrogens with one attached hydrogen (secondary N) is 1. The SMILES string of the molecule is CCNc1ccn([C@H]2C[C@H](O)[C@@H](C(O)C(c3ccccc3)(c3ccc(OC)cc3)c3ccc(OC)cc3)O2)c(=O)n1. The third kappa shape index (κ3) is 5.31. The van der Waals surface area contributed by atoms with Gasteiger partial charge in [-0.3, -0.25) is 4.57 Å². The molecule has 1 aromatic heterocycles. The number of aliphatic hydroxyl groups is 2. The minimum Gasteiger partial charge on any atom is -0.497 e. The van der Waals surface area contributed by atoms with E-state index in [0.717, 1.165) is 16.7 Å². The lowest BCUT2D eigenvalue weighted by atomic mass is 9.64. The molecular formula is C32H35N3O6. The zero-order valence-corrected chi connectivity index (χ0v) is 23.3. The molecule has 4 atom stereocenters. The first-order valence-electron chi connectivity index (χ1n) is 13.6. The Hall–Kier alpha value is -4.18. The summed E-state index contributed by atoms with van der Waals surface area (Å²) < 4.78 is 18.5. The van der Waals surface area contributed by atoms with Crippen LogP contribution in [0.25, 0.3) is 0 Å². The van der Waals surface area contributed by atoms with E-state index in [1.807, 2.05) is 85.8 Å². The van der Waals surface area contributed by atoms with Crippen LogP contribution in [0, 0.1) is 0 Å². The predicted octanol–water partition coefficient (Wildman–Crippen LogP) is 3.74. The molecule has 0 saturated carbocycles. The Morgan fingerprint density at radius 2 is 1.51 bits per heavy atom. The van der Waals surface area contributed by atoms with E-state index in [2.05, 4.69) is 10.3 Å². The van der Waals surface area contributed by atoms with Crippen LogP contribution in [0.3, 0.4) is 0 Å². The number of methoxy groups -OCH3 is 2. The average Bonchev–Trinajstić information content (AvgIpc) is 3.39. The van der Waals surface area contributed by atoms with Crippen molar-refractivity contribution in [1.29, 1.82) is 0 Å². The van der Waals surface area contributed by atoms with Gasteiger partial charge in [-0.15, -0.1) is 0 Å². The number of hydrogen-bond donors (Lipinski definition) is 3. The fourth-order valence-electron chi connectivity index (χ4n) is 5.71. The van der Waals surface area contributed by atoms with Gasteiger partial charge in [-0.25, -0.2) is 4.79 Å². The Balaban J connectivity index is 1.63. The molecule has 1 aliphatic rings. The van der Waals surface area contributed by atoms with E-state index in [-0.39, 0.29) is 6.42 Å². The van der Waals surface area contributed by atoms with Gasteiger partial charge < -0.3 is 29.7 Å². The van der Waals surface area contributed by atoms with Crippen molar-refractivity contribution in [2.45, 2.75) is 43.3 Å². The number of anilines is 1. The van der Waals surface area contributed by atoms with Crippen LogP contribution in [0.2, 0.25) is 0 Å². The summed E-state index contributed by atoms with van der Waals surface area (Å²) in [5.74, 6) is 1.81. The maximum Gasteiger partial charge on any atom is 0.351 e. The van der Waals surface area contributed by atoms with Gasteiger partial charge in [0.15, 0.2) is 0 Å². The summed E-state index contributed by atoms with van der Waals surface area (Å²) in [5.41, 5.74) is 0.676. The van der Waals surface area contributed by atoms with Crippen molar-refractivity contribution in [2.24, 2.45) is 0 Å². The molecule has 9 nitrogen and oxygen atoms in total. The van der Waals surface area contributed by atoms with Crippen LogP contribution in [-0.4, -0.2) is 58.8 Å². The summed E-state index contributed by atoms with van der Waals surface area (Å²) in [6, 6.07) is 26.3. The van der Waals surface area contributed by atoms with E-state index in [4.69, 9.17) is 14.2 Å². The molecule has 1 unspecified atom stereocenters. The molecular weight excluding hydrogens is 522 g/mol. The van der Waals surface area contributed by atoms with Gasteiger partial charge >= 0.3 is 5.69 Å². The number of ether oxygens (including phenoxy) is 3. The molecule has 5 rings (SSSR count). The minimum atomic E-state index is -1.27. The lowest BCUT2D eigenvalue weighted by Gasteiger charge is -2.43. The van der Waals surface area contributed by atoms with Crippen LogP contribution in [0.4, 0.5) is 5.82 Å². The molecule has 0 bridgehead atoms. The molecule has 0 spiro atoms. The van der Waals surface area contributed by atoms with Crippen molar-refractivity contribution < 1.29 is 24.4 Å². The van der Waals surface area contributed by atoms with Crippen molar-refractivity contribution in [3.8, 4) is 11.5 Å². The molecule has 3 aromatic carbocycles. The number of nitrogens with zero attached hydrogens (tertiary/aromatic N) is 2. The highest BCUT2D eigenvalue weighted by Crippen LogP contribution is 2.47. The van der Waals surface area contributed by atoms with Crippen molar-refractivity contribution in [3.63, 3.8) is 0 Å². The van der Waals surface area contributed by atoms with Gasteiger partial charge in [0, 0.05) is 19.2 Å². The van der Waals surface area contributed by atoms with Crippen LogP contribution >= 0.6 is 0 Å². The monoisotopic (exact) mass is 557 g/mol. The Kier molecular flexibility index (Phi) is 8.39. The van der Waals surface area contributed by atoms with Gasteiger partial charge in [0.2, 0.25) is 0 Å². The molecule has 1 aliphatic heterocycles. The first-order chi connectivity index (χ1) is 19.9. The van der Waals surface area contributed by atoms with Gasteiger partial charge in [-0.2, -0.15) is 4.98 Å². The predicted molar refractivity (Wildman–Crippen MR) is 156 cm³/mol. The third-order valence-electron chi connectivity index (χ3n) is 7.71. The van der Waals surface area contributed by atoms with E-state index >= 15 is 0 Å². The largest absolute Gasteiger partial charge is 0.497 e. The standard InChI is InChI=1S/C32H35N3O6/c1-4-33-27-18-19-35(31(38)34-27)28-20-26(36)29(41-28)30(37)32(21-8-6-5-7-9-21,22-10-14-24(39-2)15-11-22)23-12-16-25(40-3)17-13-23/h5-19,26,28-30,36-37H,4,20H2,1-3H3,(H,33,34,38)/t26-,28+,29-,30?/m0/s1. The number of benzene rings is 3. The van der Waals surface area contributed by atoms with Crippen LogP contribution in [0.15, 0.2) is 95.9 Å². The number of hydrogen-bond acceptors (Lipinski definition) is 8. The Morgan fingerprint density at radius 3 is 2.02 bits per heavy atom. The van der Waals surface area contributed by atoms with Crippen LogP contribution < -0.4 is 20.5 Å². The average molecular weight is 558 g/mol. The first-order valence-corrected chi connectivity index (χ1v) is 13.6. The van der Waals surface area contributed by atoms with E-state index < -0.39 is 35.6 Å². The Bertz CT molecular complexity index is 1440. The quantitative estimate of drug-likeness (QED) is 0.253. The van der Waals surface area contributed by atoms with Crippen molar-refractivity contribution in [3.05, 3.63) is 118 Å². The molecule has 1 saturated heterocycles. The van der Waals surface area contributed by atoms with Gasteiger partial charge in [0.25, 0.3) is 0 Å². The molecule has 9 heteroatoms. The van der Waals surface area contributed by atoms with Crippen molar-refractivity contribution >= 4 is 5.82 Å². The number of aromatic nitrogens is 2. The second-order valence-corrected chi connectivity index (χ2v) is 9.97. The summed E-state index contributed by atoms with van der Waals surface area (Å²) in [4.78, 5) is 16.9. The van der Waals surface area contributed by atoms with Crippen LogP contribution in [0.1, 0.15) is 36.3 Å². The molecule has 0 aliphatic carbocycles. The van der Waals surface area contributed by atoms with Crippen molar-refractivity contribution in [1.82, 2.24) is 9.55 Å². The third-order valence-corrected chi connectivity index (χ3v) is 7.71. The van der Waals surface area contributed by atoms with E-state index in [1.165, 1.54) is 4.57 Å². The van der Waals surface area contributed by atoms with Gasteiger partial charge in [0.1, 0.15) is 35.8 Å². The Morgan fingerprint density at radius 1 is 0.951 bits per heavy atom. The zero-order valence-electron chi connectivity index (χ0n) is 23.3. The normalized spacial score (nSPS) is 19.5. The summed E-state index contributed by atoms with van der Waals surface area (Å²) in [5, 5.41) is 26.8. The lowest BCUT2D eigenvalue weighted by molar-refractivity contribution is -0.0976. The summed E-state index contributed by atoms with van der Waals surface area (Å²) in [6.45, 7) is 2.54. The van der Waals surface area contributed by atoms with Gasteiger partial charge in [-0.05, 0) is 53.9 Å². The van der Waals surface area contributed by atoms with Crippen LogP contribution in [0.5, 0.6) is 11.5 Å². The maximum absolute atomic E-state index is 12.8. The molecule has 0 radical (unpaired) electrons. The van der Waals surface area contributed by atoms with Gasteiger partial charge in [-0.1, -0.05) is 54.6 Å². The molecule has 0 amide bonds. The van der Waals surface area contributed by atoms with Gasteiger partial charge in [0.05, 0.1) is 25.7 Å². The minimum absolute atomic E-state index is 0.111. The fourth-order valence-corrected chi connectivity index (χ4v) is 5.71. The zero-order chi connectivity index (χ0) is 29.0.